The Hall–Kier alpha value is -0.680. The molecule has 1 N–H and O–H groups in total. The van der Waals surface area contributed by atoms with Crippen LogP contribution in [-0.4, -0.2) is 38.8 Å². The van der Waals surface area contributed by atoms with Crippen molar-refractivity contribution in [2.45, 2.75) is 38.8 Å². The fourth-order valence-electron chi connectivity index (χ4n) is 2.16. The molecule has 4 nitrogen and oxygen atoms in total. The van der Waals surface area contributed by atoms with E-state index in [4.69, 9.17) is 12.2 Å². The highest BCUT2D eigenvalue weighted by Crippen LogP contribution is 2.13. The predicted molar refractivity (Wildman–Crippen MR) is 62.3 cm³/mol. The summed E-state index contributed by atoms with van der Waals surface area (Å²) >= 11 is 5.13. The van der Waals surface area contributed by atoms with Crippen molar-refractivity contribution in [2.24, 2.45) is 0 Å². The highest BCUT2D eigenvalue weighted by Gasteiger charge is 2.16. The quantitative estimate of drug-likeness (QED) is 0.799. The van der Waals surface area contributed by atoms with Gasteiger partial charge in [-0.25, -0.2) is 0 Å². The number of H-pyrrole nitrogens is 1. The lowest BCUT2D eigenvalue weighted by atomic mass is 10.1. The Morgan fingerprint density at radius 3 is 2.80 bits per heavy atom. The van der Waals surface area contributed by atoms with Crippen LogP contribution in [0, 0.1) is 4.77 Å². The molecule has 1 aromatic rings. The van der Waals surface area contributed by atoms with Gasteiger partial charge in [0.25, 0.3) is 0 Å². The van der Waals surface area contributed by atoms with E-state index in [9.17, 15) is 0 Å². The van der Waals surface area contributed by atoms with E-state index in [2.05, 4.69) is 22.0 Å². The standard InChI is InChI=1S/C10H18N4S/c1-9(13-5-3-2-4-6-13)7-14-8-11-12-10(14)15/h8-9H,2-7H2,1H3,(H,12,15). The van der Waals surface area contributed by atoms with E-state index in [-0.39, 0.29) is 0 Å². The molecule has 15 heavy (non-hydrogen) atoms. The summed E-state index contributed by atoms with van der Waals surface area (Å²) in [6.07, 6.45) is 5.83. The molecular formula is C10H18N4S. The first-order chi connectivity index (χ1) is 7.27. The van der Waals surface area contributed by atoms with Crippen molar-refractivity contribution in [1.29, 1.82) is 0 Å². The highest BCUT2D eigenvalue weighted by atomic mass is 32.1. The number of nitrogens with zero attached hydrogens (tertiary/aromatic N) is 3. The SMILES string of the molecule is CC(Cn1cn[nH]c1=S)N1CCCCC1. The van der Waals surface area contributed by atoms with Crippen LogP contribution in [0.15, 0.2) is 6.33 Å². The smallest absolute Gasteiger partial charge is 0.194 e. The van der Waals surface area contributed by atoms with Gasteiger partial charge in [0, 0.05) is 12.6 Å². The Morgan fingerprint density at radius 2 is 2.20 bits per heavy atom. The van der Waals surface area contributed by atoms with Gasteiger partial charge in [-0.1, -0.05) is 6.42 Å². The van der Waals surface area contributed by atoms with E-state index in [1.807, 2.05) is 4.57 Å². The molecule has 1 atom stereocenters. The molecular weight excluding hydrogens is 208 g/mol. The van der Waals surface area contributed by atoms with Crippen molar-refractivity contribution < 1.29 is 0 Å². The number of hydrogen-bond donors (Lipinski definition) is 1. The zero-order valence-corrected chi connectivity index (χ0v) is 9.96. The van der Waals surface area contributed by atoms with E-state index in [1.54, 1.807) is 6.33 Å². The lowest BCUT2D eigenvalue weighted by Gasteiger charge is -2.32. The third-order valence-corrected chi connectivity index (χ3v) is 3.42. The van der Waals surface area contributed by atoms with Crippen LogP contribution in [0.5, 0.6) is 0 Å². The van der Waals surface area contributed by atoms with Gasteiger partial charge >= 0.3 is 0 Å². The average molecular weight is 226 g/mol. The maximum absolute atomic E-state index is 5.13. The predicted octanol–water partition coefficient (Wildman–Crippen LogP) is 1.82. The second-order valence-corrected chi connectivity index (χ2v) is 4.65. The number of aromatic nitrogens is 3. The minimum atomic E-state index is 0.551. The topological polar surface area (TPSA) is 36.9 Å². The molecule has 1 unspecified atom stereocenters. The average Bonchev–Trinajstić information content (AvgIpc) is 2.66. The summed E-state index contributed by atoms with van der Waals surface area (Å²) < 4.78 is 2.73. The van der Waals surface area contributed by atoms with Gasteiger partial charge in [-0.15, -0.1) is 0 Å². The van der Waals surface area contributed by atoms with Crippen LogP contribution in [0.4, 0.5) is 0 Å². The number of rotatable bonds is 3. The minimum absolute atomic E-state index is 0.551. The fraction of sp³-hybridized carbons (Fsp3) is 0.800. The van der Waals surface area contributed by atoms with Gasteiger partial charge in [-0.3, -0.25) is 10.00 Å². The minimum Gasteiger partial charge on any atom is -0.305 e. The van der Waals surface area contributed by atoms with Crippen LogP contribution >= 0.6 is 12.2 Å². The summed E-state index contributed by atoms with van der Waals surface area (Å²) in [6, 6.07) is 0.551. The molecule has 0 bridgehead atoms. The van der Waals surface area contributed by atoms with Crippen molar-refractivity contribution in [3.05, 3.63) is 11.1 Å². The molecule has 0 saturated carbocycles. The Kier molecular flexibility index (Phi) is 3.53. The van der Waals surface area contributed by atoms with Gasteiger partial charge in [-0.2, -0.15) is 5.10 Å². The molecule has 0 aliphatic carbocycles. The Balaban J connectivity index is 1.94. The van der Waals surface area contributed by atoms with Gasteiger partial charge < -0.3 is 4.57 Å². The molecule has 5 heteroatoms. The van der Waals surface area contributed by atoms with Gasteiger partial charge in [-0.05, 0) is 45.1 Å². The van der Waals surface area contributed by atoms with Crippen molar-refractivity contribution in [1.82, 2.24) is 19.7 Å². The summed E-state index contributed by atoms with van der Waals surface area (Å²) in [5.74, 6) is 0. The zero-order chi connectivity index (χ0) is 10.7. The molecule has 84 valence electrons. The molecule has 1 saturated heterocycles. The number of piperidine rings is 1. The lowest BCUT2D eigenvalue weighted by molar-refractivity contribution is 0.159. The van der Waals surface area contributed by atoms with Gasteiger partial charge in [0.1, 0.15) is 6.33 Å². The summed E-state index contributed by atoms with van der Waals surface area (Å²) in [7, 11) is 0. The molecule has 2 rings (SSSR count). The summed E-state index contributed by atoms with van der Waals surface area (Å²) in [5.41, 5.74) is 0. The molecule has 1 fully saturated rings. The lowest BCUT2D eigenvalue weighted by Crippen LogP contribution is -2.39. The van der Waals surface area contributed by atoms with Crippen LogP contribution in [-0.2, 0) is 6.54 Å². The molecule has 1 aliphatic heterocycles. The molecule has 1 aromatic heterocycles. The van der Waals surface area contributed by atoms with Crippen LogP contribution in [0.3, 0.4) is 0 Å². The van der Waals surface area contributed by atoms with Crippen molar-refractivity contribution in [2.75, 3.05) is 13.1 Å². The van der Waals surface area contributed by atoms with Crippen LogP contribution in [0.2, 0.25) is 0 Å². The Bertz CT molecular complexity index is 350. The summed E-state index contributed by atoms with van der Waals surface area (Å²) in [5, 5.41) is 6.72. The maximum atomic E-state index is 5.13. The highest BCUT2D eigenvalue weighted by molar-refractivity contribution is 7.71. The van der Waals surface area contributed by atoms with E-state index in [0.717, 1.165) is 11.3 Å². The van der Waals surface area contributed by atoms with E-state index < -0.39 is 0 Å². The number of likely N-dealkylation sites (tertiary alicyclic amines) is 1. The van der Waals surface area contributed by atoms with Gasteiger partial charge in [0.2, 0.25) is 0 Å². The molecule has 0 amide bonds. The van der Waals surface area contributed by atoms with E-state index in [0.29, 0.717) is 6.04 Å². The maximum Gasteiger partial charge on any atom is 0.194 e. The first kappa shape index (κ1) is 10.8. The first-order valence-electron chi connectivity index (χ1n) is 5.61. The normalized spacial score (nSPS) is 20.3. The van der Waals surface area contributed by atoms with E-state index in [1.165, 1.54) is 32.4 Å². The monoisotopic (exact) mass is 226 g/mol. The Labute approximate surface area is 95.3 Å². The van der Waals surface area contributed by atoms with Crippen LogP contribution in [0.25, 0.3) is 0 Å². The van der Waals surface area contributed by atoms with E-state index >= 15 is 0 Å². The second-order valence-electron chi connectivity index (χ2n) is 4.26. The number of hydrogen-bond acceptors (Lipinski definition) is 3. The first-order valence-corrected chi connectivity index (χ1v) is 6.02. The fourth-order valence-corrected chi connectivity index (χ4v) is 2.33. The molecule has 0 aromatic carbocycles. The van der Waals surface area contributed by atoms with Crippen LogP contribution < -0.4 is 0 Å². The van der Waals surface area contributed by atoms with Gasteiger partial charge in [0.15, 0.2) is 4.77 Å². The summed E-state index contributed by atoms with van der Waals surface area (Å²) in [4.78, 5) is 2.54. The summed E-state index contributed by atoms with van der Waals surface area (Å²) in [6.45, 7) is 5.66. The zero-order valence-electron chi connectivity index (χ0n) is 9.15. The largest absolute Gasteiger partial charge is 0.305 e. The van der Waals surface area contributed by atoms with Crippen molar-refractivity contribution in [3.8, 4) is 0 Å². The second kappa shape index (κ2) is 4.90. The molecule has 0 radical (unpaired) electrons. The number of aromatic amines is 1. The van der Waals surface area contributed by atoms with Crippen molar-refractivity contribution in [3.63, 3.8) is 0 Å². The Morgan fingerprint density at radius 1 is 1.47 bits per heavy atom. The third kappa shape index (κ3) is 2.66. The molecule has 2 heterocycles. The van der Waals surface area contributed by atoms with Crippen LogP contribution in [0.1, 0.15) is 26.2 Å². The van der Waals surface area contributed by atoms with Crippen molar-refractivity contribution >= 4 is 12.2 Å². The van der Waals surface area contributed by atoms with Gasteiger partial charge in [0.05, 0.1) is 0 Å². The molecule has 1 aliphatic rings. The molecule has 0 spiro atoms. The third-order valence-electron chi connectivity index (χ3n) is 3.09. The number of nitrogens with one attached hydrogen (secondary N) is 1.